The van der Waals surface area contributed by atoms with E-state index in [0.717, 1.165) is 24.0 Å². The third kappa shape index (κ3) is 6.01. The van der Waals surface area contributed by atoms with E-state index in [0.29, 0.717) is 5.92 Å². The molecule has 6 aliphatic rings. The highest BCUT2D eigenvalue weighted by molar-refractivity contribution is 6.93. The summed E-state index contributed by atoms with van der Waals surface area (Å²) in [7, 11) is 0. The Bertz CT molecular complexity index is 3340. The summed E-state index contributed by atoms with van der Waals surface area (Å²) < 4.78 is 6.88. The van der Waals surface area contributed by atoms with Crippen LogP contribution in [0.4, 0.5) is 34.1 Å². The Morgan fingerprint density at radius 2 is 1.45 bits per heavy atom. The molecule has 1 fully saturated rings. The van der Waals surface area contributed by atoms with E-state index in [4.69, 9.17) is 4.42 Å². The maximum Gasteiger partial charge on any atom is 0.333 e. The fourth-order valence-electron chi connectivity index (χ4n) is 14.7. The molecule has 0 radical (unpaired) electrons. The topological polar surface area (TPSA) is 22.9 Å². The number of hydrogen-bond donors (Lipinski definition) is 0. The van der Waals surface area contributed by atoms with Crippen LogP contribution in [0.15, 0.2) is 132 Å². The number of anilines is 6. The van der Waals surface area contributed by atoms with Gasteiger partial charge in [-0.1, -0.05) is 147 Å². The molecule has 3 aliphatic heterocycles. The summed E-state index contributed by atoms with van der Waals surface area (Å²) in [4.78, 5) is 8.39. The number of para-hydroxylation sites is 2. The molecular weight excluding hydrogens is 838 g/mol. The van der Waals surface area contributed by atoms with Crippen LogP contribution in [0, 0.1) is 6.92 Å². The van der Waals surface area contributed by atoms with Crippen LogP contribution in [-0.2, 0) is 16.2 Å². The van der Waals surface area contributed by atoms with Crippen molar-refractivity contribution in [1.29, 1.82) is 0 Å². The molecule has 1 aromatic heterocycles. The Morgan fingerprint density at radius 1 is 0.696 bits per heavy atom. The molecule has 0 spiro atoms. The van der Waals surface area contributed by atoms with Gasteiger partial charge in [-0.05, 0) is 162 Å². The highest BCUT2D eigenvalue weighted by Crippen LogP contribution is 2.63. The summed E-state index contributed by atoms with van der Waals surface area (Å²) in [5.41, 5.74) is 22.7. The number of furan rings is 1. The van der Waals surface area contributed by atoms with Crippen LogP contribution in [0.3, 0.4) is 0 Å². The summed E-state index contributed by atoms with van der Waals surface area (Å²) in [6, 6.07) is 40.8. The molecule has 0 bridgehead atoms. The largest absolute Gasteiger partial charge is 0.456 e. The smallest absolute Gasteiger partial charge is 0.333 e. The molecule has 3 unspecified atom stereocenters. The van der Waals surface area contributed by atoms with E-state index in [1.807, 2.05) is 0 Å². The minimum atomic E-state index is -0.109. The second-order valence-electron chi connectivity index (χ2n) is 23.8. The molecule has 348 valence electrons. The van der Waals surface area contributed by atoms with Crippen molar-refractivity contribution in [3.63, 3.8) is 0 Å². The van der Waals surface area contributed by atoms with E-state index in [1.165, 1.54) is 134 Å². The number of aryl methyl sites for hydroxylation is 1. The number of rotatable bonds is 7. The van der Waals surface area contributed by atoms with E-state index in [-0.39, 0.29) is 34.7 Å². The number of hydrogen-bond acceptors (Lipinski definition) is 4. The van der Waals surface area contributed by atoms with Gasteiger partial charge in [0.05, 0.1) is 11.6 Å². The molecule has 6 aromatic carbocycles. The third-order valence-electron chi connectivity index (χ3n) is 18.8. The van der Waals surface area contributed by atoms with Gasteiger partial charge in [0.1, 0.15) is 11.2 Å². The Balaban J connectivity index is 1.19. The van der Waals surface area contributed by atoms with Crippen LogP contribution in [-0.4, -0.2) is 18.4 Å². The lowest BCUT2D eigenvalue weighted by atomic mass is 9.43. The van der Waals surface area contributed by atoms with Crippen molar-refractivity contribution in [1.82, 2.24) is 0 Å². The quantitative estimate of drug-likeness (QED) is 0.149. The van der Waals surface area contributed by atoms with Crippen LogP contribution in [0.2, 0.25) is 0 Å². The molecule has 0 N–H and O–H groups in total. The SMILES string of the molecule is CCC[C@H](C)c1cc2c3c(c1)C1(C)CCCCC1(C)N3c1cc(N(c3ccccc3)C3C=CC=CC3)cc3c1B2N(c1cc2c(cc1C)C(C)(C)CCC2(C)C)c1cc2c(cc1-3)oc1ccccc12. The van der Waals surface area contributed by atoms with Gasteiger partial charge in [0.15, 0.2) is 0 Å². The molecule has 4 heterocycles. The second-order valence-corrected chi connectivity index (χ2v) is 23.8. The Hall–Kier alpha value is -5.94. The molecule has 69 heavy (non-hydrogen) atoms. The van der Waals surface area contributed by atoms with E-state index >= 15 is 0 Å². The first-order chi connectivity index (χ1) is 33.2. The normalized spacial score (nSPS) is 23.7. The lowest BCUT2D eigenvalue weighted by molar-refractivity contribution is 0.195. The zero-order valence-electron chi connectivity index (χ0n) is 42.5. The van der Waals surface area contributed by atoms with Gasteiger partial charge in [0.25, 0.3) is 0 Å². The highest BCUT2D eigenvalue weighted by Gasteiger charge is 2.62. The first-order valence-corrected chi connectivity index (χ1v) is 26.5. The van der Waals surface area contributed by atoms with Gasteiger partial charge in [0.2, 0.25) is 0 Å². The van der Waals surface area contributed by atoms with Crippen molar-refractivity contribution in [2.24, 2.45) is 0 Å². The minimum Gasteiger partial charge on any atom is -0.456 e. The molecule has 5 heteroatoms. The van der Waals surface area contributed by atoms with Crippen molar-refractivity contribution in [2.45, 2.75) is 154 Å². The monoisotopic (exact) mass is 906 g/mol. The average molecular weight is 906 g/mol. The molecule has 13 rings (SSSR count). The summed E-state index contributed by atoms with van der Waals surface area (Å²) in [5, 5.41) is 2.35. The van der Waals surface area contributed by atoms with Crippen molar-refractivity contribution in [2.75, 3.05) is 14.6 Å². The Kier molecular flexibility index (Phi) is 9.39. The van der Waals surface area contributed by atoms with E-state index in [2.05, 4.69) is 204 Å². The third-order valence-corrected chi connectivity index (χ3v) is 18.8. The van der Waals surface area contributed by atoms with Crippen molar-refractivity contribution in [3.05, 3.63) is 155 Å². The number of nitrogens with zero attached hydrogens (tertiary/aromatic N) is 3. The van der Waals surface area contributed by atoms with Gasteiger partial charge < -0.3 is 19.0 Å². The van der Waals surface area contributed by atoms with Crippen molar-refractivity contribution in [3.8, 4) is 11.1 Å². The molecule has 3 aliphatic carbocycles. The number of fused-ring (bicyclic) bond motifs is 11. The molecular formula is C64H68BN3O. The fraction of sp³-hybridized carbons (Fsp3) is 0.375. The average Bonchev–Trinajstić information content (AvgIpc) is 3.81. The zero-order chi connectivity index (χ0) is 47.4. The van der Waals surface area contributed by atoms with Gasteiger partial charge in [-0.25, -0.2) is 0 Å². The maximum absolute atomic E-state index is 6.88. The maximum atomic E-state index is 6.88. The first kappa shape index (κ1) is 43.1. The van der Waals surface area contributed by atoms with Gasteiger partial charge in [-0.2, -0.15) is 0 Å². The fourth-order valence-corrected chi connectivity index (χ4v) is 14.7. The van der Waals surface area contributed by atoms with E-state index < -0.39 is 0 Å². The van der Waals surface area contributed by atoms with Crippen molar-refractivity contribution >= 4 is 73.8 Å². The first-order valence-electron chi connectivity index (χ1n) is 26.5. The highest BCUT2D eigenvalue weighted by atomic mass is 16.3. The van der Waals surface area contributed by atoms with Crippen molar-refractivity contribution < 1.29 is 4.42 Å². The van der Waals surface area contributed by atoms with Crippen LogP contribution in [0.5, 0.6) is 0 Å². The zero-order valence-corrected chi connectivity index (χ0v) is 42.5. The summed E-state index contributed by atoms with van der Waals surface area (Å²) in [5.74, 6) is 0.457. The van der Waals surface area contributed by atoms with Gasteiger partial charge >= 0.3 is 6.85 Å². The van der Waals surface area contributed by atoms with Crippen LogP contribution >= 0.6 is 0 Å². The van der Waals surface area contributed by atoms with Crippen LogP contribution in [0.25, 0.3) is 33.1 Å². The minimum absolute atomic E-state index is 0.0164. The Labute approximate surface area is 411 Å². The second kappa shape index (κ2) is 15.0. The van der Waals surface area contributed by atoms with Gasteiger partial charge in [0, 0.05) is 55.9 Å². The van der Waals surface area contributed by atoms with E-state index in [9.17, 15) is 0 Å². The van der Waals surface area contributed by atoms with Crippen LogP contribution < -0.4 is 25.5 Å². The number of allylic oxidation sites excluding steroid dienone is 2. The predicted octanol–water partition coefficient (Wildman–Crippen LogP) is 16.1. The Morgan fingerprint density at radius 3 is 2.22 bits per heavy atom. The summed E-state index contributed by atoms with van der Waals surface area (Å²) in [6.45, 7) is 22.4. The summed E-state index contributed by atoms with van der Waals surface area (Å²) in [6.07, 6.45) is 19.7. The summed E-state index contributed by atoms with van der Waals surface area (Å²) >= 11 is 0. The molecule has 1 saturated carbocycles. The lowest BCUT2D eigenvalue weighted by Gasteiger charge is -2.53. The standard InChI is InChI=1S/C64H68BN3O/c1-10-21-40(2)42-33-52-60-53(34-42)65-59-49(35-45(36-56(59)67(60)64(9)29-20-19-28-63(52,64)8)66(43-22-13-11-14-23-43)44-24-15-12-16-25-44)47-38-58-48(46-26-17-18-27-57(46)69-58)37-55(47)68(65)54-39-51-50(32-41(54)3)61(4,5)30-31-62(51,6)7/h11-18,22-24,26-27,32-40,44H,10,19-21,25,28-31H2,1-9H3/t40-,44?,63?,64?/m0/s1. The van der Waals surface area contributed by atoms with Crippen LogP contribution in [0.1, 0.15) is 147 Å². The molecule has 7 aromatic rings. The predicted molar refractivity (Wildman–Crippen MR) is 294 cm³/mol. The van der Waals surface area contributed by atoms with Gasteiger partial charge in [-0.15, -0.1) is 0 Å². The molecule has 4 nitrogen and oxygen atoms in total. The number of benzene rings is 6. The molecule has 0 saturated heterocycles. The van der Waals surface area contributed by atoms with E-state index in [1.54, 1.807) is 5.56 Å². The van der Waals surface area contributed by atoms with Gasteiger partial charge in [-0.3, -0.25) is 0 Å². The molecule has 4 atom stereocenters. The molecule has 0 amide bonds. The lowest BCUT2D eigenvalue weighted by Crippen LogP contribution is -2.65.